The van der Waals surface area contributed by atoms with E-state index in [4.69, 9.17) is 9.47 Å². The van der Waals surface area contributed by atoms with Gasteiger partial charge in [-0.2, -0.15) is 0 Å². The zero-order valence-electron chi connectivity index (χ0n) is 16.3. The number of allylic oxidation sites excluding steroid dienone is 1. The van der Waals surface area contributed by atoms with Crippen LogP contribution in [0, 0.1) is 17.8 Å². The summed E-state index contributed by atoms with van der Waals surface area (Å²) >= 11 is 0. The smallest absolute Gasteiger partial charge is 0.161 e. The molecule has 2 N–H and O–H groups in total. The first kappa shape index (κ1) is 19.2. The molecule has 0 heterocycles. The number of benzene rings is 1. The Labute approximate surface area is 157 Å². The molecule has 5 atom stereocenters. The van der Waals surface area contributed by atoms with Crippen LogP contribution in [0.15, 0.2) is 24.3 Å². The average molecular weight is 360 g/mol. The molecule has 4 nitrogen and oxygen atoms in total. The van der Waals surface area contributed by atoms with Gasteiger partial charge in [0.15, 0.2) is 11.5 Å². The molecule has 2 saturated carbocycles. The van der Waals surface area contributed by atoms with E-state index in [0.29, 0.717) is 24.1 Å². The van der Waals surface area contributed by atoms with Crippen molar-refractivity contribution in [2.24, 2.45) is 17.8 Å². The third-order valence-corrected chi connectivity index (χ3v) is 6.09. The largest absolute Gasteiger partial charge is 0.493 e. The fraction of sp³-hybridized carbons (Fsp3) is 0.636. The van der Waals surface area contributed by atoms with Gasteiger partial charge in [0.2, 0.25) is 0 Å². The molecule has 0 aliphatic heterocycles. The number of nitrogens with one attached hydrogen (secondary N) is 1. The highest BCUT2D eigenvalue weighted by atomic mass is 16.5. The Hall–Kier alpha value is -1.52. The summed E-state index contributed by atoms with van der Waals surface area (Å²) in [4.78, 5) is 0. The Morgan fingerprint density at radius 3 is 2.77 bits per heavy atom. The van der Waals surface area contributed by atoms with E-state index in [1.54, 1.807) is 7.11 Å². The summed E-state index contributed by atoms with van der Waals surface area (Å²) in [6.45, 7) is 5.07. The van der Waals surface area contributed by atoms with Crippen LogP contribution >= 0.6 is 0 Å². The van der Waals surface area contributed by atoms with Crippen molar-refractivity contribution < 1.29 is 14.6 Å². The lowest BCUT2D eigenvalue weighted by Gasteiger charge is -2.29. The Kier molecular flexibility index (Phi) is 6.60. The lowest BCUT2D eigenvalue weighted by Crippen LogP contribution is -2.41. The molecule has 0 aromatic heterocycles. The van der Waals surface area contributed by atoms with Gasteiger partial charge in [-0.15, -0.1) is 0 Å². The lowest BCUT2D eigenvalue weighted by atomic mass is 9.84. The maximum atomic E-state index is 10.3. The van der Waals surface area contributed by atoms with Gasteiger partial charge in [-0.1, -0.05) is 24.6 Å². The van der Waals surface area contributed by atoms with Crippen molar-refractivity contribution in [3.05, 3.63) is 29.8 Å². The molecule has 3 rings (SSSR count). The monoisotopic (exact) mass is 359 g/mol. The van der Waals surface area contributed by atoms with Crippen molar-refractivity contribution in [2.45, 2.75) is 51.7 Å². The Morgan fingerprint density at radius 2 is 2.12 bits per heavy atom. The predicted molar refractivity (Wildman–Crippen MR) is 106 cm³/mol. The SMILES string of the molecule is C/C=C/c1ccc(OCC(O)CNC(C)C2CC3CCC2C3)c(OC)c1. The van der Waals surface area contributed by atoms with Crippen LogP contribution in [0.1, 0.15) is 45.1 Å². The van der Waals surface area contributed by atoms with Crippen LogP contribution in [0.3, 0.4) is 0 Å². The summed E-state index contributed by atoms with van der Waals surface area (Å²) < 4.78 is 11.2. The van der Waals surface area contributed by atoms with Crippen LogP contribution in [-0.2, 0) is 0 Å². The summed E-state index contributed by atoms with van der Waals surface area (Å²) in [5.74, 6) is 3.99. The first-order chi connectivity index (χ1) is 12.6. The number of aliphatic hydroxyl groups is 1. The van der Waals surface area contributed by atoms with Gasteiger partial charge in [0.1, 0.15) is 12.7 Å². The number of methoxy groups -OCH3 is 1. The zero-order chi connectivity index (χ0) is 18.5. The van der Waals surface area contributed by atoms with Crippen LogP contribution in [0.5, 0.6) is 11.5 Å². The van der Waals surface area contributed by atoms with Gasteiger partial charge in [-0.3, -0.25) is 0 Å². The highest BCUT2D eigenvalue weighted by Gasteiger charge is 2.41. The third kappa shape index (κ3) is 4.60. The van der Waals surface area contributed by atoms with E-state index >= 15 is 0 Å². The second-order valence-corrected chi connectivity index (χ2v) is 7.91. The molecular weight excluding hydrogens is 326 g/mol. The molecule has 0 saturated heterocycles. The topological polar surface area (TPSA) is 50.7 Å². The molecule has 1 aromatic carbocycles. The second-order valence-electron chi connectivity index (χ2n) is 7.91. The van der Waals surface area contributed by atoms with E-state index in [9.17, 15) is 5.11 Å². The molecule has 2 aliphatic rings. The van der Waals surface area contributed by atoms with Crippen molar-refractivity contribution in [1.82, 2.24) is 5.32 Å². The Bertz CT molecular complexity index is 615. The van der Waals surface area contributed by atoms with E-state index in [1.807, 2.05) is 37.3 Å². The molecule has 0 radical (unpaired) electrons. The van der Waals surface area contributed by atoms with Crippen molar-refractivity contribution in [3.63, 3.8) is 0 Å². The summed E-state index contributed by atoms with van der Waals surface area (Å²) in [7, 11) is 1.64. The summed E-state index contributed by atoms with van der Waals surface area (Å²) in [5, 5.41) is 13.8. The Morgan fingerprint density at radius 1 is 1.27 bits per heavy atom. The van der Waals surface area contributed by atoms with E-state index in [-0.39, 0.29) is 6.61 Å². The van der Waals surface area contributed by atoms with Gasteiger partial charge in [0.25, 0.3) is 0 Å². The summed E-state index contributed by atoms with van der Waals surface area (Å²) in [5.41, 5.74) is 1.07. The first-order valence-corrected chi connectivity index (χ1v) is 9.95. The van der Waals surface area contributed by atoms with Crippen LogP contribution in [0.4, 0.5) is 0 Å². The van der Waals surface area contributed by atoms with Crippen molar-refractivity contribution >= 4 is 6.08 Å². The average Bonchev–Trinajstić information content (AvgIpc) is 3.28. The predicted octanol–water partition coefficient (Wildman–Crippen LogP) is 3.88. The molecule has 144 valence electrons. The number of ether oxygens (including phenoxy) is 2. The molecule has 26 heavy (non-hydrogen) atoms. The fourth-order valence-electron chi connectivity index (χ4n) is 4.72. The lowest BCUT2D eigenvalue weighted by molar-refractivity contribution is 0.0978. The molecule has 1 aromatic rings. The minimum atomic E-state index is -0.532. The highest BCUT2D eigenvalue weighted by molar-refractivity contribution is 5.55. The van der Waals surface area contributed by atoms with Gasteiger partial charge in [-0.05, 0) is 68.6 Å². The van der Waals surface area contributed by atoms with Crippen molar-refractivity contribution in [3.8, 4) is 11.5 Å². The van der Waals surface area contributed by atoms with Gasteiger partial charge in [0, 0.05) is 12.6 Å². The van der Waals surface area contributed by atoms with E-state index in [2.05, 4.69) is 12.2 Å². The minimum Gasteiger partial charge on any atom is -0.493 e. The Balaban J connectivity index is 1.44. The molecule has 0 amide bonds. The number of rotatable bonds is 9. The molecular formula is C22H33NO3. The summed E-state index contributed by atoms with van der Waals surface area (Å²) in [6, 6.07) is 6.29. The van der Waals surface area contributed by atoms with Gasteiger partial charge < -0.3 is 19.9 Å². The molecule has 4 heteroatoms. The number of hydrogen-bond acceptors (Lipinski definition) is 4. The number of fused-ring (bicyclic) bond motifs is 2. The number of hydrogen-bond donors (Lipinski definition) is 2. The quantitative estimate of drug-likeness (QED) is 0.702. The molecule has 2 aliphatic carbocycles. The highest BCUT2D eigenvalue weighted by Crippen LogP contribution is 2.49. The second kappa shape index (κ2) is 8.92. The molecule has 5 unspecified atom stereocenters. The maximum Gasteiger partial charge on any atom is 0.161 e. The van der Waals surface area contributed by atoms with Crippen LogP contribution in [0.25, 0.3) is 6.08 Å². The maximum absolute atomic E-state index is 10.3. The fourth-order valence-corrected chi connectivity index (χ4v) is 4.72. The van der Waals surface area contributed by atoms with Gasteiger partial charge in [0.05, 0.1) is 7.11 Å². The number of aliphatic hydroxyl groups excluding tert-OH is 1. The van der Waals surface area contributed by atoms with E-state index in [1.165, 1.54) is 25.7 Å². The van der Waals surface area contributed by atoms with Crippen LogP contribution in [-0.4, -0.2) is 37.5 Å². The third-order valence-electron chi connectivity index (χ3n) is 6.09. The summed E-state index contributed by atoms with van der Waals surface area (Å²) in [6.07, 6.45) is 9.09. The molecule has 0 spiro atoms. The minimum absolute atomic E-state index is 0.260. The van der Waals surface area contributed by atoms with Crippen LogP contribution < -0.4 is 14.8 Å². The molecule has 2 bridgehead atoms. The van der Waals surface area contributed by atoms with Gasteiger partial charge in [-0.25, -0.2) is 0 Å². The normalized spacial score (nSPS) is 27.0. The van der Waals surface area contributed by atoms with Crippen molar-refractivity contribution in [1.29, 1.82) is 0 Å². The van der Waals surface area contributed by atoms with Crippen LogP contribution in [0.2, 0.25) is 0 Å². The van der Waals surface area contributed by atoms with E-state index < -0.39 is 6.10 Å². The molecule has 2 fully saturated rings. The van der Waals surface area contributed by atoms with Gasteiger partial charge >= 0.3 is 0 Å². The first-order valence-electron chi connectivity index (χ1n) is 9.95. The van der Waals surface area contributed by atoms with Crippen molar-refractivity contribution in [2.75, 3.05) is 20.3 Å². The van der Waals surface area contributed by atoms with E-state index in [0.717, 1.165) is 23.3 Å². The zero-order valence-corrected chi connectivity index (χ0v) is 16.3. The standard InChI is InChI=1S/C22H33NO3/c1-4-5-16-7-9-21(22(12-16)25-3)26-14-19(24)13-23-15(2)20-11-17-6-8-18(20)10-17/h4-5,7,9,12,15,17-20,23-24H,6,8,10-11,13-14H2,1-3H3/b5-4+.